The summed E-state index contributed by atoms with van der Waals surface area (Å²) in [5, 5.41) is 8.67. The number of hydrogen-bond donors (Lipinski definition) is 0. The Bertz CT molecular complexity index is 600. The minimum atomic E-state index is -5.47. The van der Waals surface area contributed by atoms with Gasteiger partial charge >= 0.3 is 24.1 Å². The zero-order valence-corrected chi connectivity index (χ0v) is 10.0. The summed E-state index contributed by atoms with van der Waals surface area (Å²) in [4.78, 5) is 22.5. The summed E-state index contributed by atoms with van der Waals surface area (Å²) in [5.41, 5.74) is -5.67. The highest BCUT2D eigenvalue weighted by atomic mass is 35.5. The molecule has 0 fully saturated rings. The Hall–Kier alpha value is -2.11. The molecule has 0 radical (unpaired) electrons. The molecule has 0 saturated carbocycles. The molecule has 6 nitrogen and oxygen atoms in total. The molecule has 0 N–H and O–H groups in total. The third-order valence-electron chi connectivity index (χ3n) is 1.92. The van der Waals surface area contributed by atoms with E-state index < -0.39 is 45.4 Å². The summed E-state index contributed by atoms with van der Waals surface area (Å²) < 4.78 is 77.0. The topological polar surface area (TPSA) is 82.3 Å². The fourth-order valence-electron chi connectivity index (χ4n) is 1.25. The lowest BCUT2D eigenvalue weighted by Crippen LogP contribution is -2.21. The smallest absolute Gasteiger partial charge is 0.381 e. The van der Waals surface area contributed by atoms with E-state index in [0.717, 1.165) is 0 Å². The molecule has 0 saturated heterocycles. The summed E-state index contributed by atoms with van der Waals surface area (Å²) in [6, 6.07) is 0. The van der Waals surface area contributed by atoms with Crippen LogP contribution in [0.1, 0.15) is 15.9 Å². The van der Waals surface area contributed by atoms with Gasteiger partial charge in [-0.15, -0.1) is 13.2 Å². The molecule has 21 heavy (non-hydrogen) atoms. The van der Waals surface area contributed by atoms with Gasteiger partial charge in [-0.25, -0.2) is 4.98 Å². The Labute approximate surface area is 115 Å². The van der Waals surface area contributed by atoms with Crippen LogP contribution in [-0.2, 0) is 6.18 Å². The summed E-state index contributed by atoms with van der Waals surface area (Å²) in [6.07, 6.45) is -11.0. The molecule has 0 aliphatic heterocycles. The van der Waals surface area contributed by atoms with Gasteiger partial charge in [-0.3, -0.25) is 14.9 Å². The Morgan fingerprint density at radius 1 is 1.29 bits per heavy atom. The second-order valence-electron chi connectivity index (χ2n) is 3.28. The molecule has 116 valence electrons. The number of aromatic nitrogens is 1. The quantitative estimate of drug-likeness (QED) is 0.365. The van der Waals surface area contributed by atoms with E-state index in [4.69, 9.17) is 11.6 Å². The van der Waals surface area contributed by atoms with Gasteiger partial charge in [0.05, 0.1) is 10.5 Å². The molecule has 0 spiro atoms. The average molecular weight is 339 g/mol. The fraction of sp³-hybridized carbons (Fsp3) is 0.250. The van der Waals surface area contributed by atoms with Crippen LogP contribution in [0.4, 0.5) is 32.0 Å². The number of alkyl halides is 6. The summed E-state index contributed by atoms with van der Waals surface area (Å²) >= 11 is 4.80. The third-order valence-corrected chi connectivity index (χ3v) is 2.11. The van der Waals surface area contributed by atoms with Crippen molar-refractivity contribution in [3.63, 3.8) is 0 Å². The van der Waals surface area contributed by atoms with Gasteiger partial charge in [0.25, 0.3) is 5.24 Å². The highest BCUT2D eigenvalue weighted by molar-refractivity contribution is 6.68. The normalized spacial score (nSPS) is 12.1. The molecule has 0 bridgehead atoms. The maximum atomic E-state index is 12.6. The number of ether oxygens (including phenoxy) is 1. The number of pyridine rings is 1. The fourth-order valence-corrected chi connectivity index (χ4v) is 1.44. The number of nitro groups is 1. The van der Waals surface area contributed by atoms with E-state index in [2.05, 4.69) is 9.72 Å². The largest absolute Gasteiger partial charge is 0.574 e. The van der Waals surface area contributed by atoms with Gasteiger partial charge in [-0.05, 0) is 11.6 Å². The van der Waals surface area contributed by atoms with E-state index in [1.54, 1.807) is 0 Å². The molecule has 0 aromatic carbocycles. The SMILES string of the molecule is O=C(Cl)c1c(C(F)(F)F)cnc(OC(F)(F)F)c1[N+](=O)[O-]. The molecule has 1 heterocycles. The van der Waals surface area contributed by atoms with Crippen LogP contribution in [0.2, 0.25) is 0 Å². The van der Waals surface area contributed by atoms with Gasteiger partial charge in [0, 0.05) is 6.20 Å². The molecule has 1 aromatic heterocycles. The average Bonchev–Trinajstić information content (AvgIpc) is 2.23. The Morgan fingerprint density at radius 3 is 2.14 bits per heavy atom. The lowest BCUT2D eigenvalue weighted by atomic mass is 10.1. The summed E-state index contributed by atoms with van der Waals surface area (Å²) in [7, 11) is 0. The van der Waals surface area contributed by atoms with Gasteiger partial charge in [-0.1, -0.05) is 0 Å². The van der Waals surface area contributed by atoms with Crippen LogP contribution in [-0.4, -0.2) is 21.5 Å². The van der Waals surface area contributed by atoms with Crippen LogP contribution < -0.4 is 4.74 Å². The molecule has 0 amide bonds. The first kappa shape index (κ1) is 16.9. The highest BCUT2D eigenvalue weighted by Crippen LogP contribution is 2.41. The predicted octanol–water partition coefficient (Wildman–Crippen LogP) is 3.29. The molecule has 0 aliphatic rings. The Kier molecular flexibility index (Phi) is 4.32. The highest BCUT2D eigenvalue weighted by Gasteiger charge is 2.44. The molecule has 0 atom stereocenters. The minimum absolute atomic E-state index is 0.219. The Balaban J connectivity index is 3.70. The van der Waals surface area contributed by atoms with Crippen molar-refractivity contribution in [3.8, 4) is 5.88 Å². The molecule has 0 unspecified atom stereocenters. The van der Waals surface area contributed by atoms with Gasteiger partial charge in [-0.2, -0.15) is 13.2 Å². The lowest BCUT2D eigenvalue weighted by molar-refractivity contribution is -0.389. The van der Waals surface area contributed by atoms with Crippen molar-refractivity contribution in [1.82, 2.24) is 4.98 Å². The predicted molar refractivity (Wildman–Crippen MR) is 52.8 cm³/mol. The second kappa shape index (κ2) is 5.35. The van der Waals surface area contributed by atoms with E-state index in [0.29, 0.717) is 0 Å². The molecular formula is C8HClF6N2O4. The maximum Gasteiger partial charge on any atom is 0.574 e. The van der Waals surface area contributed by atoms with E-state index in [9.17, 15) is 41.3 Å². The number of carbonyl (C=O) groups is 1. The standard InChI is InChI=1S/C8HClF6N2O4/c9-5(18)3-2(7(10,11)12)1-16-6(4(3)17(19)20)21-8(13,14)15/h1H. The van der Waals surface area contributed by atoms with Crippen molar-refractivity contribution in [2.24, 2.45) is 0 Å². The van der Waals surface area contributed by atoms with Crippen LogP contribution in [0, 0.1) is 10.1 Å². The van der Waals surface area contributed by atoms with Crippen molar-refractivity contribution in [3.05, 3.63) is 27.4 Å². The molecule has 13 heteroatoms. The zero-order valence-electron chi connectivity index (χ0n) is 9.25. The van der Waals surface area contributed by atoms with Gasteiger partial charge in [0.2, 0.25) is 0 Å². The van der Waals surface area contributed by atoms with E-state index in [-0.39, 0.29) is 6.20 Å². The van der Waals surface area contributed by atoms with E-state index in [1.165, 1.54) is 0 Å². The number of hydrogen-bond acceptors (Lipinski definition) is 5. The van der Waals surface area contributed by atoms with Gasteiger partial charge in [0.1, 0.15) is 5.56 Å². The van der Waals surface area contributed by atoms with Crippen molar-refractivity contribution >= 4 is 22.5 Å². The zero-order chi connectivity index (χ0) is 16.6. The number of halogens is 7. The van der Waals surface area contributed by atoms with Crippen molar-refractivity contribution in [1.29, 1.82) is 0 Å². The van der Waals surface area contributed by atoms with E-state index >= 15 is 0 Å². The van der Waals surface area contributed by atoms with Crippen molar-refractivity contribution in [2.45, 2.75) is 12.5 Å². The van der Waals surface area contributed by atoms with Crippen molar-refractivity contribution in [2.75, 3.05) is 0 Å². The Morgan fingerprint density at radius 2 is 1.81 bits per heavy atom. The molecule has 1 rings (SSSR count). The number of carbonyl (C=O) groups excluding carboxylic acids is 1. The van der Waals surface area contributed by atoms with E-state index in [1.807, 2.05) is 0 Å². The maximum absolute atomic E-state index is 12.6. The first-order chi connectivity index (χ1) is 9.34. The van der Waals surface area contributed by atoms with Crippen LogP contribution in [0.25, 0.3) is 0 Å². The van der Waals surface area contributed by atoms with Crippen LogP contribution in [0.3, 0.4) is 0 Å². The third kappa shape index (κ3) is 3.93. The first-order valence-electron chi connectivity index (χ1n) is 4.54. The van der Waals surface area contributed by atoms with Crippen molar-refractivity contribution < 1.29 is 40.8 Å². The van der Waals surface area contributed by atoms with Gasteiger partial charge in [0.15, 0.2) is 0 Å². The number of nitrogens with zero attached hydrogens (tertiary/aromatic N) is 2. The first-order valence-corrected chi connectivity index (χ1v) is 4.92. The lowest BCUT2D eigenvalue weighted by Gasteiger charge is -2.13. The minimum Gasteiger partial charge on any atom is -0.381 e. The second-order valence-corrected chi connectivity index (χ2v) is 3.62. The van der Waals surface area contributed by atoms with Crippen LogP contribution >= 0.6 is 11.6 Å². The van der Waals surface area contributed by atoms with Crippen LogP contribution in [0.15, 0.2) is 6.20 Å². The summed E-state index contributed by atoms with van der Waals surface area (Å²) in [6.45, 7) is 0. The monoisotopic (exact) mass is 338 g/mol. The molecular weight excluding hydrogens is 338 g/mol. The summed E-state index contributed by atoms with van der Waals surface area (Å²) in [5.74, 6) is -1.83. The molecule has 0 aliphatic carbocycles. The molecule has 1 aromatic rings. The van der Waals surface area contributed by atoms with Crippen LogP contribution in [0.5, 0.6) is 5.88 Å². The van der Waals surface area contributed by atoms with Gasteiger partial charge < -0.3 is 4.74 Å². The number of rotatable bonds is 3.